The molecule has 0 radical (unpaired) electrons. The second kappa shape index (κ2) is 5.59. The molecule has 1 atom stereocenters. The SMILES string of the molecule is CNCC(C)Cc1ccc(Cl)cc1Cl. The summed E-state index contributed by atoms with van der Waals surface area (Å²) in [5.41, 5.74) is 1.17. The van der Waals surface area contributed by atoms with Crippen LogP contribution in [0.2, 0.25) is 10.0 Å². The maximum Gasteiger partial charge on any atom is 0.0452 e. The van der Waals surface area contributed by atoms with Gasteiger partial charge in [0.25, 0.3) is 0 Å². The quantitative estimate of drug-likeness (QED) is 0.838. The summed E-state index contributed by atoms with van der Waals surface area (Å²) in [7, 11) is 1.96. The van der Waals surface area contributed by atoms with Crippen molar-refractivity contribution in [2.45, 2.75) is 13.3 Å². The maximum atomic E-state index is 6.07. The molecule has 1 unspecified atom stereocenters. The van der Waals surface area contributed by atoms with E-state index in [9.17, 15) is 0 Å². The summed E-state index contributed by atoms with van der Waals surface area (Å²) in [6.07, 6.45) is 0.983. The lowest BCUT2D eigenvalue weighted by Crippen LogP contribution is -2.18. The van der Waals surface area contributed by atoms with Gasteiger partial charge >= 0.3 is 0 Å². The summed E-state index contributed by atoms with van der Waals surface area (Å²) in [6.45, 7) is 3.19. The molecule has 1 nitrogen and oxygen atoms in total. The summed E-state index contributed by atoms with van der Waals surface area (Å²) >= 11 is 11.9. The van der Waals surface area contributed by atoms with Gasteiger partial charge in [-0.3, -0.25) is 0 Å². The maximum absolute atomic E-state index is 6.07. The first-order valence-electron chi connectivity index (χ1n) is 4.72. The van der Waals surface area contributed by atoms with Crippen molar-refractivity contribution in [3.05, 3.63) is 33.8 Å². The van der Waals surface area contributed by atoms with Crippen molar-refractivity contribution in [3.63, 3.8) is 0 Å². The van der Waals surface area contributed by atoms with Gasteiger partial charge in [0.05, 0.1) is 0 Å². The summed E-state index contributed by atoms with van der Waals surface area (Å²) < 4.78 is 0. The van der Waals surface area contributed by atoms with Crippen molar-refractivity contribution in [1.82, 2.24) is 5.32 Å². The van der Waals surface area contributed by atoms with Crippen LogP contribution in [-0.4, -0.2) is 13.6 Å². The Labute approximate surface area is 95.4 Å². The molecular formula is C11H15Cl2N. The van der Waals surface area contributed by atoms with Gasteiger partial charge in [0, 0.05) is 10.0 Å². The lowest BCUT2D eigenvalue weighted by molar-refractivity contribution is 0.542. The first-order valence-corrected chi connectivity index (χ1v) is 5.47. The Hall–Kier alpha value is -0.240. The van der Waals surface area contributed by atoms with E-state index >= 15 is 0 Å². The lowest BCUT2D eigenvalue weighted by Gasteiger charge is -2.11. The van der Waals surface area contributed by atoms with Crippen LogP contribution in [0.4, 0.5) is 0 Å². The topological polar surface area (TPSA) is 12.0 Å². The zero-order chi connectivity index (χ0) is 10.6. The smallest absolute Gasteiger partial charge is 0.0452 e. The molecule has 0 bridgehead atoms. The molecule has 0 aliphatic rings. The molecule has 0 spiro atoms. The number of rotatable bonds is 4. The largest absolute Gasteiger partial charge is 0.319 e. The number of nitrogens with one attached hydrogen (secondary N) is 1. The predicted molar refractivity (Wildman–Crippen MR) is 63.3 cm³/mol. The first-order chi connectivity index (χ1) is 6.63. The van der Waals surface area contributed by atoms with Gasteiger partial charge < -0.3 is 5.32 Å². The van der Waals surface area contributed by atoms with Crippen LogP contribution < -0.4 is 5.32 Å². The van der Waals surface area contributed by atoms with E-state index in [2.05, 4.69) is 12.2 Å². The number of benzene rings is 1. The molecule has 0 aliphatic heterocycles. The molecule has 0 amide bonds. The van der Waals surface area contributed by atoms with Crippen LogP contribution in [0.15, 0.2) is 18.2 Å². The Balaban J connectivity index is 2.67. The standard InChI is InChI=1S/C11H15Cl2N/c1-8(7-14-2)5-9-3-4-10(12)6-11(9)13/h3-4,6,8,14H,5,7H2,1-2H3. The van der Waals surface area contributed by atoms with Crippen molar-refractivity contribution in [2.24, 2.45) is 5.92 Å². The zero-order valence-corrected chi connectivity index (χ0v) is 9.99. The van der Waals surface area contributed by atoms with Crippen molar-refractivity contribution < 1.29 is 0 Å². The first kappa shape index (κ1) is 11.8. The van der Waals surface area contributed by atoms with Crippen molar-refractivity contribution in [1.29, 1.82) is 0 Å². The van der Waals surface area contributed by atoms with Gasteiger partial charge in [-0.05, 0) is 43.6 Å². The normalized spacial score (nSPS) is 12.9. The molecule has 0 heterocycles. The third-order valence-corrected chi connectivity index (χ3v) is 2.72. The molecule has 0 saturated heterocycles. The second-order valence-electron chi connectivity index (χ2n) is 3.60. The molecule has 1 N–H and O–H groups in total. The minimum absolute atomic E-state index is 0.582. The highest BCUT2D eigenvalue weighted by Gasteiger charge is 2.06. The summed E-state index contributed by atoms with van der Waals surface area (Å²) in [4.78, 5) is 0. The molecule has 14 heavy (non-hydrogen) atoms. The van der Waals surface area contributed by atoms with Crippen LogP contribution in [0.3, 0.4) is 0 Å². The summed E-state index contributed by atoms with van der Waals surface area (Å²) in [6, 6.07) is 5.68. The minimum Gasteiger partial charge on any atom is -0.319 e. The number of halogens is 2. The number of hydrogen-bond donors (Lipinski definition) is 1. The fraction of sp³-hybridized carbons (Fsp3) is 0.455. The fourth-order valence-corrected chi connectivity index (χ4v) is 1.97. The summed E-state index contributed by atoms with van der Waals surface area (Å²) in [5, 5.41) is 4.61. The second-order valence-corrected chi connectivity index (χ2v) is 4.45. The molecule has 0 fully saturated rings. The molecular weight excluding hydrogens is 217 g/mol. The van der Waals surface area contributed by atoms with E-state index in [4.69, 9.17) is 23.2 Å². The van der Waals surface area contributed by atoms with Crippen molar-refractivity contribution >= 4 is 23.2 Å². The van der Waals surface area contributed by atoms with Crippen LogP contribution >= 0.6 is 23.2 Å². The van der Waals surface area contributed by atoms with Crippen LogP contribution in [0.1, 0.15) is 12.5 Å². The molecule has 0 saturated carbocycles. The molecule has 78 valence electrons. The van der Waals surface area contributed by atoms with E-state index < -0.39 is 0 Å². The Morgan fingerprint density at radius 2 is 2.07 bits per heavy atom. The van der Waals surface area contributed by atoms with Gasteiger partial charge in [0.15, 0.2) is 0 Å². The van der Waals surface area contributed by atoms with E-state index in [1.807, 2.05) is 19.2 Å². The lowest BCUT2D eigenvalue weighted by atomic mass is 10.0. The number of hydrogen-bond acceptors (Lipinski definition) is 1. The predicted octanol–water partition coefficient (Wildman–Crippen LogP) is 3.39. The summed E-state index contributed by atoms with van der Waals surface area (Å²) in [5.74, 6) is 0.582. The minimum atomic E-state index is 0.582. The Morgan fingerprint density at radius 1 is 1.36 bits per heavy atom. The highest BCUT2D eigenvalue weighted by atomic mass is 35.5. The molecule has 1 rings (SSSR count). The van der Waals surface area contributed by atoms with Crippen LogP contribution in [-0.2, 0) is 6.42 Å². The van der Waals surface area contributed by atoms with E-state index in [1.165, 1.54) is 5.56 Å². The molecule has 3 heteroatoms. The van der Waals surface area contributed by atoms with Crippen LogP contribution in [0.5, 0.6) is 0 Å². The van der Waals surface area contributed by atoms with Gasteiger partial charge in [-0.1, -0.05) is 36.2 Å². The van der Waals surface area contributed by atoms with E-state index in [0.29, 0.717) is 10.9 Å². The van der Waals surface area contributed by atoms with Gasteiger partial charge in [-0.25, -0.2) is 0 Å². The van der Waals surface area contributed by atoms with Gasteiger partial charge in [-0.15, -0.1) is 0 Å². The Kier molecular flexibility index (Phi) is 4.73. The highest BCUT2D eigenvalue weighted by Crippen LogP contribution is 2.23. The third-order valence-electron chi connectivity index (χ3n) is 2.14. The van der Waals surface area contributed by atoms with E-state index in [0.717, 1.165) is 18.0 Å². The Bertz CT molecular complexity index is 299. The average Bonchev–Trinajstić information content (AvgIpc) is 2.10. The molecule has 0 aliphatic carbocycles. The average molecular weight is 232 g/mol. The zero-order valence-electron chi connectivity index (χ0n) is 8.48. The van der Waals surface area contributed by atoms with Gasteiger partial charge in [-0.2, -0.15) is 0 Å². The van der Waals surface area contributed by atoms with Crippen LogP contribution in [0, 0.1) is 5.92 Å². The highest BCUT2D eigenvalue weighted by molar-refractivity contribution is 6.35. The molecule has 0 aromatic heterocycles. The monoisotopic (exact) mass is 231 g/mol. The van der Waals surface area contributed by atoms with Crippen LogP contribution in [0.25, 0.3) is 0 Å². The van der Waals surface area contributed by atoms with E-state index in [1.54, 1.807) is 6.07 Å². The third kappa shape index (κ3) is 3.49. The van der Waals surface area contributed by atoms with E-state index in [-0.39, 0.29) is 0 Å². The van der Waals surface area contributed by atoms with Gasteiger partial charge in [0.1, 0.15) is 0 Å². The van der Waals surface area contributed by atoms with Crippen molar-refractivity contribution in [3.8, 4) is 0 Å². The molecule has 1 aromatic rings. The fourth-order valence-electron chi connectivity index (χ4n) is 1.48. The van der Waals surface area contributed by atoms with Gasteiger partial charge in [0.2, 0.25) is 0 Å². The molecule has 1 aromatic carbocycles. The Morgan fingerprint density at radius 3 is 2.64 bits per heavy atom. The van der Waals surface area contributed by atoms with Crippen molar-refractivity contribution in [2.75, 3.05) is 13.6 Å².